The van der Waals surface area contributed by atoms with Crippen LogP contribution in [-0.4, -0.2) is 73.1 Å². The molecule has 0 aliphatic carbocycles. The number of aliphatic imine (C=N–C) groups is 1. The summed E-state index contributed by atoms with van der Waals surface area (Å²) in [6, 6.07) is 1.98. The van der Waals surface area contributed by atoms with E-state index in [0.29, 0.717) is 6.54 Å². The molecule has 1 amide bonds. The second-order valence-corrected chi connectivity index (χ2v) is 7.33. The molecule has 0 bridgehead atoms. The minimum atomic E-state index is -0.526. The number of amides is 1. The summed E-state index contributed by atoms with van der Waals surface area (Å²) in [5.74, 6) is 1.73. The minimum Gasteiger partial charge on any atom is -0.361 e. The zero-order valence-corrected chi connectivity index (χ0v) is 16.6. The van der Waals surface area contributed by atoms with Gasteiger partial charge < -0.3 is 20.1 Å². The monoisotopic (exact) mass is 364 g/mol. The van der Waals surface area contributed by atoms with Crippen LogP contribution >= 0.6 is 0 Å². The van der Waals surface area contributed by atoms with Crippen LogP contribution in [0.15, 0.2) is 15.6 Å². The first-order chi connectivity index (χ1) is 12.4. The number of nitrogens with one attached hydrogen (secondary N) is 2. The number of carbonyl (C=O) groups excluding carboxylic acids is 1. The SMILES string of the molecule is CCNC(=NCC(C)(C)C(=O)NC)N1CCN(Cc2cc(C)on2)CC1. The predicted molar refractivity (Wildman–Crippen MR) is 102 cm³/mol. The summed E-state index contributed by atoms with van der Waals surface area (Å²) in [6.45, 7) is 13.5. The molecule has 26 heavy (non-hydrogen) atoms. The van der Waals surface area contributed by atoms with E-state index in [4.69, 9.17) is 9.52 Å². The molecular weight excluding hydrogens is 332 g/mol. The average Bonchev–Trinajstić information content (AvgIpc) is 3.03. The van der Waals surface area contributed by atoms with Gasteiger partial charge in [-0.05, 0) is 27.7 Å². The van der Waals surface area contributed by atoms with Crippen LogP contribution in [0.2, 0.25) is 0 Å². The Labute approximate surface area is 156 Å². The van der Waals surface area contributed by atoms with Crippen LogP contribution in [0.3, 0.4) is 0 Å². The molecule has 0 atom stereocenters. The molecule has 1 aromatic rings. The Morgan fingerprint density at radius 1 is 1.35 bits per heavy atom. The van der Waals surface area contributed by atoms with E-state index in [9.17, 15) is 4.79 Å². The summed E-state index contributed by atoms with van der Waals surface area (Å²) in [4.78, 5) is 21.3. The molecule has 8 nitrogen and oxygen atoms in total. The smallest absolute Gasteiger partial charge is 0.227 e. The van der Waals surface area contributed by atoms with Crippen molar-refractivity contribution in [3.8, 4) is 0 Å². The van der Waals surface area contributed by atoms with Gasteiger partial charge in [-0.1, -0.05) is 5.16 Å². The maximum Gasteiger partial charge on any atom is 0.227 e. The van der Waals surface area contributed by atoms with E-state index in [1.54, 1.807) is 7.05 Å². The molecule has 0 spiro atoms. The average molecular weight is 364 g/mol. The first kappa shape index (κ1) is 20.2. The fourth-order valence-electron chi connectivity index (χ4n) is 2.95. The molecule has 0 saturated carbocycles. The number of hydrogen-bond acceptors (Lipinski definition) is 5. The first-order valence-electron chi connectivity index (χ1n) is 9.25. The van der Waals surface area contributed by atoms with Crippen molar-refractivity contribution in [1.82, 2.24) is 25.6 Å². The highest BCUT2D eigenvalue weighted by atomic mass is 16.5. The van der Waals surface area contributed by atoms with Crippen LogP contribution < -0.4 is 10.6 Å². The Morgan fingerprint density at radius 3 is 2.58 bits per heavy atom. The lowest BCUT2D eigenvalue weighted by atomic mass is 9.93. The Morgan fingerprint density at radius 2 is 2.04 bits per heavy atom. The quantitative estimate of drug-likeness (QED) is 0.575. The summed E-state index contributed by atoms with van der Waals surface area (Å²) in [5, 5.41) is 10.1. The molecule has 0 aromatic carbocycles. The highest BCUT2D eigenvalue weighted by Crippen LogP contribution is 2.16. The second kappa shape index (κ2) is 9.02. The van der Waals surface area contributed by atoms with Gasteiger partial charge in [-0.2, -0.15) is 0 Å². The number of aryl methyl sites for hydroxylation is 1. The Hall–Kier alpha value is -2.09. The van der Waals surface area contributed by atoms with Gasteiger partial charge in [0.1, 0.15) is 5.76 Å². The molecule has 8 heteroatoms. The van der Waals surface area contributed by atoms with Gasteiger partial charge in [-0.15, -0.1) is 0 Å². The zero-order chi connectivity index (χ0) is 19.2. The van der Waals surface area contributed by atoms with Crippen molar-refractivity contribution >= 4 is 11.9 Å². The van der Waals surface area contributed by atoms with Crippen molar-refractivity contribution < 1.29 is 9.32 Å². The van der Waals surface area contributed by atoms with Gasteiger partial charge in [-0.25, -0.2) is 0 Å². The Kier molecular flexibility index (Phi) is 7.02. The van der Waals surface area contributed by atoms with Crippen LogP contribution in [0, 0.1) is 12.3 Å². The normalized spacial score (nSPS) is 16.7. The second-order valence-electron chi connectivity index (χ2n) is 7.33. The van der Waals surface area contributed by atoms with E-state index < -0.39 is 5.41 Å². The van der Waals surface area contributed by atoms with Crippen molar-refractivity contribution in [2.75, 3.05) is 46.3 Å². The van der Waals surface area contributed by atoms with Crippen molar-refractivity contribution in [1.29, 1.82) is 0 Å². The zero-order valence-electron chi connectivity index (χ0n) is 16.6. The van der Waals surface area contributed by atoms with Gasteiger partial charge in [0, 0.05) is 52.4 Å². The summed E-state index contributed by atoms with van der Waals surface area (Å²) >= 11 is 0. The molecule has 0 unspecified atom stereocenters. The molecule has 2 heterocycles. The number of piperazine rings is 1. The van der Waals surface area contributed by atoms with E-state index >= 15 is 0 Å². The van der Waals surface area contributed by atoms with E-state index in [1.165, 1.54) is 0 Å². The molecular formula is C18H32N6O2. The molecule has 2 N–H and O–H groups in total. The number of nitrogens with zero attached hydrogens (tertiary/aromatic N) is 4. The maximum atomic E-state index is 12.0. The number of aromatic nitrogens is 1. The maximum absolute atomic E-state index is 12.0. The van der Waals surface area contributed by atoms with E-state index in [2.05, 4.69) is 32.5 Å². The van der Waals surface area contributed by atoms with E-state index in [1.807, 2.05) is 26.8 Å². The molecule has 1 fully saturated rings. The van der Waals surface area contributed by atoms with Crippen LogP contribution in [0.1, 0.15) is 32.2 Å². The fourth-order valence-corrected chi connectivity index (χ4v) is 2.95. The lowest BCUT2D eigenvalue weighted by Crippen LogP contribution is -2.52. The van der Waals surface area contributed by atoms with Gasteiger partial charge in [-0.3, -0.25) is 14.7 Å². The number of hydrogen-bond donors (Lipinski definition) is 2. The molecule has 146 valence electrons. The molecule has 0 radical (unpaired) electrons. The first-order valence-corrected chi connectivity index (χ1v) is 9.25. The van der Waals surface area contributed by atoms with Crippen LogP contribution in [-0.2, 0) is 11.3 Å². The summed E-state index contributed by atoms with van der Waals surface area (Å²) < 4.78 is 5.14. The van der Waals surface area contributed by atoms with Gasteiger partial charge >= 0.3 is 0 Å². The van der Waals surface area contributed by atoms with E-state index in [-0.39, 0.29) is 5.91 Å². The minimum absolute atomic E-state index is 0.00447. The van der Waals surface area contributed by atoms with Crippen LogP contribution in [0.4, 0.5) is 0 Å². The standard InChI is InChI=1S/C18H32N6O2/c1-6-20-17(21-13-18(3,4)16(25)19-5)24-9-7-23(8-10-24)12-15-11-14(2)26-22-15/h11H,6-10,12-13H2,1-5H3,(H,19,25)(H,20,21). The number of carbonyl (C=O) groups is 1. The molecule has 2 rings (SSSR count). The fraction of sp³-hybridized carbons (Fsp3) is 0.722. The van der Waals surface area contributed by atoms with Gasteiger partial charge in [0.15, 0.2) is 5.96 Å². The number of guanidine groups is 1. The largest absolute Gasteiger partial charge is 0.361 e. The van der Waals surface area contributed by atoms with E-state index in [0.717, 1.165) is 56.7 Å². The summed E-state index contributed by atoms with van der Waals surface area (Å²) in [5.41, 5.74) is 0.450. The van der Waals surface area contributed by atoms with Gasteiger partial charge in [0.2, 0.25) is 5.91 Å². The topological polar surface area (TPSA) is 86.0 Å². The van der Waals surface area contributed by atoms with Crippen LogP contribution in [0.5, 0.6) is 0 Å². The van der Waals surface area contributed by atoms with Crippen molar-refractivity contribution in [2.45, 2.75) is 34.2 Å². The third-order valence-corrected chi connectivity index (χ3v) is 4.53. The van der Waals surface area contributed by atoms with Crippen molar-refractivity contribution in [3.05, 3.63) is 17.5 Å². The van der Waals surface area contributed by atoms with Crippen molar-refractivity contribution in [2.24, 2.45) is 10.4 Å². The van der Waals surface area contributed by atoms with Gasteiger partial charge in [0.25, 0.3) is 0 Å². The summed E-state index contributed by atoms with van der Waals surface area (Å²) in [6.07, 6.45) is 0. The lowest BCUT2D eigenvalue weighted by Gasteiger charge is -2.36. The summed E-state index contributed by atoms with van der Waals surface area (Å²) in [7, 11) is 1.66. The Bertz CT molecular complexity index is 617. The molecule has 1 saturated heterocycles. The Balaban J connectivity index is 1.92. The highest BCUT2D eigenvalue weighted by Gasteiger charge is 2.27. The van der Waals surface area contributed by atoms with Gasteiger partial charge in [0.05, 0.1) is 17.7 Å². The number of rotatable bonds is 6. The highest BCUT2D eigenvalue weighted by molar-refractivity contribution is 5.83. The lowest BCUT2D eigenvalue weighted by molar-refractivity contribution is -0.128. The third kappa shape index (κ3) is 5.45. The predicted octanol–water partition coefficient (Wildman–Crippen LogP) is 0.838. The molecule has 1 aromatic heterocycles. The molecule has 1 aliphatic rings. The third-order valence-electron chi connectivity index (χ3n) is 4.53. The van der Waals surface area contributed by atoms with Crippen LogP contribution in [0.25, 0.3) is 0 Å². The molecule has 1 aliphatic heterocycles. The van der Waals surface area contributed by atoms with Crippen molar-refractivity contribution in [3.63, 3.8) is 0 Å².